The van der Waals surface area contributed by atoms with Crippen molar-refractivity contribution in [2.75, 3.05) is 17.8 Å². The number of hydrogen-bond acceptors (Lipinski definition) is 3. The second kappa shape index (κ2) is 10.2. The molecule has 0 radical (unpaired) electrons. The predicted molar refractivity (Wildman–Crippen MR) is 126 cm³/mol. The minimum Gasteiger partial charge on any atom is -0.454 e. The lowest BCUT2D eigenvalue weighted by molar-refractivity contribution is 0.107. The molecule has 1 atom stereocenters. The summed E-state index contributed by atoms with van der Waals surface area (Å²) in [5.41, 5.74) is 3.72. The molecule has 0 aliphatic carbocycles. The molecule has 0 bridgehead atoms. The fourth-order valence-corrected chi connectivity index (χ4v) is 3.25. The quantitative estimate of drug-likeness (QED) is 0.271. The van der Waals surface area contributed by atoms with Crippen molar-refractivity contribution in [2.45, 2.75) is 6.10 Å². The molecule has 30 heavy (non-hydrogen) atoms. The molecule has 0 spiro atoms. The Hall–Kier alpha value is -2.93. The Morgan fingerprint density at radius 1 is 0.833 bits per heavy atom. The van der Waals surface area contributed by atoms with Crippen LogP contribution in [0.2, 0.25) is 0 Å². The topological polar surface area (TPSA) is 27.7 Å². The van der Waals surface area contributed by atoms with Crippen molar-refractivity contribution in [1.82, 2.24) is 0 Å². The van der Waals surface area contributed by atoms with E-state index in [0.29, 0.717) is 6.61 Å². The molecular weight excluding hydrogens is 487 g/mol. The molecule has 0 aromatic heterocycles. The van der Waals surface area contributed by atoms with Gasteiger partial charge in [-0.2, -0.15) is 0 Å². The number of hydrogen-bond donors (Lipinski definition) is 0. The number of fused-ring (bicyclic) bond motifs is 1. The van der Waals surface area contributed by atoms with Crippen molar-refractivity contribution < 1.29 is 14.2 Å². The van der Waals surface area contributed by atoms with Crippen LogP contribution in [0.25, 0.3) is 0 Å². The minimum atomic E-state index is -0.369. The number of benzene rings is 3. The first-order chi connectivity index (χ1) is 14.8. The Morgan fingerprint density at radius 2 is 1.63 bits per heavy atom. The van der Waals surface area contributed by atoms with Crippen LogP contribution in [0, 0.1) is 23.7 Å². The Balaban J connectivity index is 1.64. The van der Waals surface area contributed by atoms with Gasteiger partial charge >= 0.3 is 0 Å². The molecule has 1 aliphatic heterocycles. The van der Waals surface area contributed by atoms with Crippen molar-refractivity contribution in [3.8, 4) is 35.2 Å². The zero-order valence-electron chi connectivity index (χ0n) is 16.2. The molecule has 1 unspecified atom stereocenters. The van der Waals surface area contributed by atoms with Crippen LogP contribution in [-0.2, 0) is 4.74 Å². The Kier molecular flexibility index (Phi) is 6.92. The second-order valence-electron chi connectivity index (χ2n) is 6.48. The molecule has 4 rings (SSSR count). The van der Waals surface area contributed by atoms with Crippen LogP contribution in [-0.4, -0.2) is 17.8 Å². The Morgan fingerprint density at radius 3 is 2.50 bits per heavy atom. The normalized spacial score (nSPS) is 12.3. The van der Waals surface area contributed by atoms with Crippen molar-refractivity contribution in [1.29, 1.82) is 0 Å². The average molecular weight is 506 g/mol. The van der Waals surface area contributed by atoms with E-state index < -0.39 is 0 Å². The van der Waals surface area contributed by atoms with Gasteiger partial charge in [0.25, 0.3) is 0 Å². The highest BCUT2D eigenvalue weighted by Gasteiger charge is 2.14. The van der Waals surface area contributed by atoms with Crippen LogP contribution in [0.1, 0.15) is 28.4 Å². The van der Waals surface area contributed by atoms with Gasteiger partial charge in [0.1, 0.15) is 6.10 Å². The lowest BCUT2D eigenvalue weighted by Crippen LogP contribution is -2.06. The van der Waals surface area contributed by atoms with Crippen molar-refractivity contribution in [2.24, 2.45) is 0 Å². The van der Waals surface area contributed by atoms with Crippen LogP contribution < -0.4 is 9.47 Å². The molecule has 3 aromatic rings. The van der Waals surface area contributed by atoms with E-state index >= 15 is 0 Å². The summed E-state index contributed by atoms with van der Waals surface area (Å²) >= 11 is 2.30. The van der Waals surface area contributed by atoms with Crippen molar-refractivity contribution in [3.05, 3.63) is 95.1 Å². The van der Waals surface area contributed by atoms with E-state index in [4.69, 9.17) is 14.2 Å². The van der Waals surface area contributed by atoms with Crippen molar-refractivity contribution >= 4 is 22.6 Å². The third-order valence-electron chi connectivity index (χ3n) is 4.44. The molecule has 1 aliphatic rings. The highest BCUT2D eigenvalue weighted by Crippen LogP contribution is 2.32. The Labute approximate surface area is 190 Å². The van der Waals surface area contributed by atoms with E-state index in [1.54, 1.807) is 0 Å². The number of ether oxygens (including phenoxy) is 3. The smallest absolute Gasteiger partial charge is 0.231 e. The summed E-state index contributed by atoms with van der Waals surface area (Å²) in [4.78, 5) is 0. The number of rotatable bonds is 4. The van der Waals surface area contributed by atoms with Gasteiger partial charge in [0.2, 0.25) is 6.79 Å². The maximum atomic E-state index is 6.08. The maximum Gasteiger partial charge on any atom is 0.231 e. The summed E-state index contributed by atoms with van der Waals surface area (Å²) in [6, 6.07) is 23.7. The van der Waals surface area contributed by atoms with Crippen LogP contribution in [0.4, 0.5) is 0 Å². The Bertz CT molecular complexity index is 1130. The largest absolute Gasteiger partial charge is 0.454 e. The molecule has 3 aromatic carbocycles. The first kappa shape index (κ1) is 20.3. The van der Waals surface area contributed by atoms with Gasteiger partial charge in [-0.1, -0.05) is 82.7 Å². The predicted octanol–water partition coefficient (Wildman–Crippen LogP) is 5.36. The fourth-order valence-electron chi connectivity index (χ4n) is 3.00. The zero-order valence-corrected chi connectivity index (χ0v) is 18.4. The first-order valence-corrected chi connectivity index (χ1v) is 11.1. The summed E-state index contributed by atoms with van der Waals surface area (Å²) in [6.45, 7) is 0.864. The molecular formula is C26H19IO3. The molecule has 3 nitrogen and oxygen atoms in total. The van der Waals surface area contributed by atoms with E-state index in [9.17, 15) is 0 Å². The van der Waals surface area contributed by atoms with E-state index in [1.807, 2.05) is 72.8 Å². The molecule has 148 valence electrons. The maximum absolute atomic E-state index is 6.08. The summed E-state index contributed by atoms with van der Waals surface area (Å²) < 4.78 is 17.8. The zero-order chi connectivity index (χ0) is 20.6. The number of halogens is 1. The third kappa shape index (κ3) is 5.16. The summed E-state index contributed by atoms with van der Waals surface area (Å²) in [6.07, 6.45) is -0.369. The van der Waals surface area contributed by atoms with Gasteiger partial charge in [-0.05, 0) is 36.4 Å². The molecule has 0 saturated carbocycles. The molecule has 0 amide bonds. The number of alkyl halides is 1. The highest BCUT2D eigenvalue weighted by atomic mass is 127. The van der Waals surface area contributed by atoms with Gasteiger partial charge in [0.15, 0.2) is 11.5 Å². The van der Waals surface area contributed by atoms with Gasteiger partial charge in [0, 0.05) is 26.7 Å². The van der Waals surface area contributed by atoms with Crippen LogP contribution in [0.15, 0.2) is 72.8 Å². The van der Waals surface area contributed by atoms with Crippen molar-refractivity contribution in [3.63, 3.8) is 0 Å². The lowest BCUT2D eigenvalue weighted by atomic mass is 10.0. The molecule has 0 fully saturated rings. The van der Waals surface area contributed by atoms with Gasteiger partial charge in [-0.25, -0.2) is 0 Å². The van der Waals surface area contributed by atoms with Gasteiger partial charge in [-0.3, -0.25) is 0 Å². The fraction of sp³-hybridized carbons (Fsp3) is 0.154. The van der Waals surface area contributed by atoms with Crippen LogP contribution in [0.3, 0.4) is 0 Å². The lowest BCUT2D eigenvalue weighted by Gasteiger charge is -2.14. The highest BCUT2D eigenvalue weighted by molar-refractivity contribution is 14.1. The summed E-state index contributed by atoms with van der Waals surface area (Å²) in [7, 11) is 0. The minimum absolute atomic E-state index is 0.251. The van der Waals surface area contributed by atoms with Gasteiger partial charge in [0.05, 0.1) is 6.61 Å². The standard InChI is InChI=1S/C26H19IO3/c27-16-17-28-24(14-11-21-12-15-25-26(18-21)30-19-29-25)23-9-5-4-8-22(23)13-10-20-6-2-1-3-7-20/h1-9,12,15,18,24H,16-17,19H2. The molecule has 4 heteroatoms. The first-order valence-electron chi connectivity index (χ1n) is 9.58. The average Bonchev–Trinajstić information content (AvgIpc) is 3.27. The summed E-state index contributed by atoms with van der Waals surface area (Å²) in [5.74, 6) is 14.5. The molecule has 1 heterocycles. The second-order valence-corrected chi connectivity index (χ2v) is 7.56. The summed E-state index contributed by atoms with van der Waals surface area (Å²) in [5, 5.41) is 0. The SMILES string of the molecule is ICCOC(C#Cc1ccc2c(c1)OCO2)c1ccccc1C#Cc1ccccc1. The monoisotopic (exact) mass is 506 g/mol. The third-order valence-corrected chi connectivity index (χ3v) is 4.88. The van der Waals surface area contributed by atoms with Gasteiger partial charge < -0.3 is 14.2 Å². The molecule has 0 saturated heterocycles. The van der Waals surface area contributed by atoms with E-state index in [2.05, 4.69) is 46.3 Å². The van der Waals surface area contributed by atoms with E-state index in [0.717, 1.165) is 38.2 Å². The van der Waals surface area contributed by atoms with Gasteiger partial charge in [-0.15, -0.1) is 0 Å². The van der Waals surface area contributed by atoms with Crippen LogP contribution >= 0.6 is 22.6 Å². The van der Waals surface area contributed by atoms with E-state index in [-0.39, 0.29) is 12.9 Å². The van der Waals surface area contributed by atoms with Crippen LogP contribution in [0.5, 0.6) is 11.5 Å². The van der Waals surface area contributed by atoms with E-state index in [1.165, 1.54) is 0 Å². The molecule has 0 N–H and O–H groups in total.